The van der Waals surface area contributed by atoms with Crippen molar-refractivity contribution in [2.75, 3.05) is 6.54 Å². The summed E-state index contributed by atoms with van der Waals surface area (Å²) in [5.74, 6) is -1.76. The highest BCUT2D eigenvalue weighted by atomic mass is 19.1. The third-order valence-electron chi connectivity index (χ3n) is 6.10. The van der Waals surface area contributed by atoms with Crippen LogP contribution in [0.2, 0.25) is 0 Å². The molecule has 1 amide bonds. The van der Waals surface area contributed by atoms with E-state index in [9.17, 15) is 23.5 Å². The standard InChI is InChI=1S/C30H38F2N4O4/c1-29(2,3)25(33-15-14-23(27(37)38)35-28(39)40-30(4,5)6)26-34-24(21-16-20(31)12-13-22(21)32)18-36(26)17-19-10-8-7-9-11-19/h7-13,16,18,23,25,33H,14-15,17H2,1-6H3,(H,35,39)(H,37,38)/t23-,25-/m0/s1. The number of rotatable bonds is 10. The fourth-order valence-electron chi connectivity index (χ4n) is 4.25. The number of ether oxygens (including phenoxy) is 1. The van der Waals surface area contributed by atoms with Gasteiger partial charge < -0.3 is 25.0 Å². The summed E-state index contributed by atoms with van der Waals surface area (Å²) in [5, 5.41) is 15.5. The third kappa shape index (κ3) is 8.61. The smallest absolute Gasteiger partial charge is 0.408 e. The zero-order valence-electron chi connectivity index (χ0n) is 23.8. The molecule has 3 aromatic rings. The van der Waals surface area contributed by atoms with Gasteiger partial charge >= 0.3 is 12.1 Å². The topological polar surface area (TPSA) is 105 Å². The number of hydrogen-bond donors (Lipinski definition) is 3. The molecule has 8 nitrogen and oxygen atoms in total. The zero-order chi connectivity index (χ0) is 29.7. The van der Waals surface area contributed by atoms with Crippen LogP contribution in [0.1, 0.15) is 65.4 Å². The van der Waals surface area contributed by atoms with Crippen molar-refractivity contribution in [3.63, 3.8) is 0 Å². The van der Waals surface area contributed by atoms with E-state index in [1.54, 1.807) is 27.0 Å². The summed E-state index contributed by atoms with van der Waals surface area (Å²) >= 11 is 0. The normalized spacial score (nSPS) is 13.5. The molecule has 0 bridgehead atoms. The maximum Gasteiger partial charge on any atom is 0.408 e. The maximum absolute atomic E-state index is 14.7. The Hall–Kier alpha value is -3.79. The molecular formula is C30H38F2N4O4. The molecule has 3 rings (SSSR count). The van der Waals surface area contributed by atoms with E-state index in [2.05, 4.69) is 10.6 Å². The highest BCUT2D eigenvalue weighted by Gasteiger charge is 2.32. The van der Waals surface area contributed by atoms with E-state index in [0.717, 1.165) is 23.8 Å². The van der Waals surface area contributed by atoms with E-state index in [0.29, 0.717) is 12.4 Å². The van der Waals surface area contributed by atoms with E-state index in [-0.39, 0.29) is 24.2 Å². The monoisotopic (exact) mass is 556 g/mol. The summed E-state index contributed by atoms with van der Waals surface area (Å²) in [6, 6.07) is 11.3. The van der Waals surface area contributed by atoms with Gasteiger partial charge in [0.1, 0.15) is 29.1 Å². The van der Waals surface area contributed by atoms with Crippen molar-refractivity contribution in [1.82, 2.24) is 20.2 Å². The van der Waals surface area contributed by atoms with Crippen LogP contribution in [0.5, 0.6) is 0 Å². The number of halogens is 2. The first kappa shape index (κ1) is 30.7. The molecule has 2 atom stereocenters. The van der Waals surface area contributed by atoms with Crippen molar-refractivity contribution in [2.45, 2.75) is 72.2 Å². The van der Waals surface area contributed by atoms with Gasteiger partial charge in [0.05, 0.1) is 11.7 Å². The Kier molecular flexibility index (Phi) is 9.68. The zero-order valence-corrected chi connectivity index (χ0v) is 23.8. The lowest BCUT2D eigenvalue weighted by atomic mass is 9.86. The molecule has 0 saturated carbocycles. The lowest BCUT2D eigenvalue weighted by Gasteiger charge is -2.32. The molecule has 0 fully saturated rings. The summed E-state index contributed by atoms with van der Waals surface area (Å²) in [5.41, 5.74) is 0.154. The van der Waals surface area contributed by atoms with Crippen molar-refractivity contribution in [3.8, 4) is 11.3 Å². The molecule has 1 aromatic heterocycles. The van der Waals surface area contributed by atoms with Gasteiger partial charge in [-0.3, -0.25) is 0 Å². The van der Waals surface area contributed by atoms with Gasteiger partial charge in [0.2, 0.25) is 0 Å². The minimum atomic E-state index is -1.19. The van der Waals surface area contributed by atoms with Crippen molar-refractivity contribution >= 4 is 12.1 Å². The predicted molar refractivity (Wildman–Crippen MR) is 149 cm³/mol. The van der Waals surface area contributed by atoms with Crippen LogP contribution in [-0.4, -0.2) is 44.9 Å². The fraction of sp³-hybridized carbons (Fsp3) is 0.433. The Morgan fingerprint density at radius 3 is 2.33 bits per heavy atom. The molecule has 216 valence electrons. The number of aromatic nitrogens is 2. The number of benzene rings is 2. The Labute approximate surface area is 233 Å². The highest BCUT2D eigenvalue weighted by Crippen LogP contribution is 2.35. The lowest BCUT2D eigenvalue weighted by molar-refractivity contribution is -0.139. The van der Waals surface area contributed by atoms with Crippen LogP contribution >= 0.6 is 0 Å². The van der Waals surface area contributed by atoms with Crippen LogP contribution in [0.25, 0.3) is 11.3 Å². The van der Waals surface area contributed by atoms with Crippen LogP contribution in [0, 0.1) is 17.0 Å². The number of amides is 1. The predicted octanol–water partition coefficient (Wildman–Crippen LogP) is 5.92. The van der Waals surface area contributed by atoms with Gasteiger partial charge in [-0.1, -0.05) is 51.1 Å². The molecule has 2 aromatic carbocycles. The van der Waals surface area contributed by atoms with Gasteiger partial charge in [-0.25, -0.2) is 23.4 Å². The second-order valence-electron chi connectivity index (χ2n) is 11.8. The Morgan fingerprint density at radius 1 is 1.05 bits per heavy atom. The molecule has 10 heteroatoms. The second-order valence-corrected chi connectivity index (χ2v) is 11.8. The summed E-state index contributed by atoms with van der Waals surface area (Å²) in [4.78, 5) is 28.8. The molecule has 0 aliphatic rings. The van der Waals surface area contributed by atoms with Crippen LogP contribution in [0.4, 0.5) is 13.6 Å². The number of nitrogens with zero attached hydrogens (tertiary/aromatic N) is 2. The first-order chi connectivity index (χ1) is 18.6. The average Bonchev–Trinajstić information content (AvgIpc) is 3.23. The van der Waals surface area contributed by atoms with Gasteiger partial charge in [0.15, 0.2) is 0 Å². The van der Waals surface area contributed by atoms with E-state index in [4.69, 9.17) is 9.72 Å². The first-order valence-electron chi connectivity index (χ1n) is 13.2. The minimum Gasteiger partial charge on any atom is -0.480 e. The van der Waals surface area contributed by atoms with Gasteiger partial charge in [-0.2, -0.15) is 0 Å². The second kappa shape index (κ2) is 12.6. The molecule has 0 spiro atoms. The average molecular weight is 557 g/mol. The molecule has 1 heterocycles. The van der Waals surface area contributed by atoms with Crippen LogP contribution in [-0.2, 0) is 16.1 Å². The van der Waals surface area contributed by atoms with Crippen LogP contribution in [0.15, 0.2) is 54.7 Å². The minimum absolute atomic E-state index is 0.0493. The molecule has 0 aliphatic heterocycles. The number of carboxylic acid groups (broad SMARTS) is 1. The number of aliphatic carboxylic acids is 1. The van der Waals surface area contributed by atoms with Crippen LogP contribution < -0.4 is 10.6 Å². The summed E-state index contributed by atoms with van der Waals surface area (Å²) in [6.07, 6.45) is 0.962. The molecule has 0 saturated heterocycles. The molecule has 40 heavy (non-hydrogen) atoms. The van der Waals surface area contributed by atoms with Crippen molar-refractivity contribution in [1.29, 1.82) is 0 Å². The summed E-state index contributed by atoms with van der Waals surface area (Å²) in [6.45, 7) is 11.7. The Balaban J connectivity index is 1.91. The summed E-state index contributed by atoms with van der Waals surface area (Å²) < 4.78 is 35.8. The highest BCUT2D eigenvalue weighted by molar-refractivity contribution is 5.80. The largest absolute Gasteiger partial charge is 0.480 e. The Morgan fingerprint density at radius 2 is 1.73 bits per heavy atom. The van der Waals surface area contributed by atoms with Crippen molar-refractivity contribution in [2.24, 2.45) is 5.41 Å². The maximum atomic E-state index is 14.7. The molecule has 0 radical (unpaired) electrons. The van der Waals surface area contributed by atoms with Crippen molar-refractivity contribution < 1.29 is 28.2 Å². The molecule has 0 unspecified atom stereocenters. The van der Waals surface area contributed by atoms with Gasteiger partial charge in [-0.15, -0.1) is 0 Å². The third-order valence-corrected chi connectivity index (χ3v) is 6.10. The van der Waals surface area contributed by atoms with Crippen LogP contribution in [0.3, 0.4) is 0 Å². The first-order valence-corrected chi connectivity index (χ1v) is 13.2. The van der Waals surface area contributed by atoms with Gasteiger partial charge in [-0.05, 0) is 62.9 Å². The Bertz CT molecular complexity index is 1310. The number of carbonyl (C=O) groups is 2. The summed E-state index contributed by atoms with van der Waals surface area (Å²) in [7, 11) is 0. The molecular weight excluding hydrogens is 518 g/mol. The number of carboxylic acids is 1. The molecule has 0 aliphatic carbocycles. The van der Waals surface area contributed by atoms with E-state index in [1.165, 1.54) is 0 Å². The van der Waals surface area contributed by atoms with E-state index in [1.807, 2.05) is 55.7 Å². The SMILES string of the molecule is CC(C)(C)OC(=O)N[C@@H](CCN[C@@H](c1nc(-c2cc(F)ccc2F)cn1Cc1ccccc1)C(C)(C)C)C(=O)O. The number of hydrogen-bond acceptors (Lipinski definition) is 5. The van der Waals surface area contributed by atoms with E-state index < -0.39 is 46.8 Å². The number of alkyl carbamates (subject to hydrolysis) is 1. The molecule has 3 N–H and O–H groups in total. The number of imidazole rings is 1. The van der Waals surface area contributed by atoms with Gasteiger partial charge in [0.25, 0.3) is 0 Å². The number of nitrogens with one attached hydrogen (secondary N) is 2. The van der Waals surface area contributed by atoms with Crippen molar-refractivity contribution in [3.05, 3.63) is 77.8 Å². The number of carbonyl (C=O) groups excluding carboxylic acids is 1. The lowest BCUT2D eigenvalue weighted by Crippen LogP contribution is -2.45. The van der Waals surface area contributed by atoms with E-state index >= 15 is 0 Å². The van der Waals surface area contributed by atoms with Gasteiger partial charge in [0, 0.05) is 18.3 Å². The quantitative estimate of drug-likeness (QED) is 0.286. The fourth-order valence-corrected chi connectivity index (χ4v) is 4.25.